The summed E-state index contributed by atoms with van der Waals surface area (Å²) in [4.78, 5) is 12.3. The smallest absolute Gasteiger partial charge is 0.444 e. The average Bonchev–Trinajstić information content (AvgIpc) is 3.08. The normalized spacial score (nSPS) is 11.7. The zero-order valence-corrected chi connectivity index (χ0v) is 17.9. The van der Waals surface area contributed by atoms with Crippen molar-refractivity contribution < 1.29 is 27.4 Å². The minimum atomic E-state index is -4.77. The van der Waals surface area contributed by atoms with Crippen LogP contribution in [-0.2, 0) is 5.41 Å². The van der Waals surface area contributed by atoms with Crippen molar-refractivity contribution in [1.29, 1.82) is 0 Å². The van der Waals surface area contributed by atoms with Crippen molar-refractivity contribution in [2.75, 3.05) is 10.6 Å². The number of amides is 2. The van der Waals surface area contributed by atoms with Gasteiger partial charge in [-0.2, -0.15) is 0 Å². The van der Waals surface area contributed by atoms with Gasteiger partial charge in [-0.25, -0.2) is 4.79 Å². The molecule has 0 aliphatic rings. The lowest BCUT2D eigenvalue weighted by Crippen LogP contribution is -2.19. The second-order valence-corrected chi connectivity index (χ2v) is 8.50. The number of rotatable bonds is 5. The Morgan fingerprint density at radius 2 is 1.61 bits per heavy atom. The zero-order valence-electron chi connectivity index (χ0n) is 17.0. The van der Waals surface area contributed by atoms with E-state index in [4.69, 9.17) is 4.74 Å². The standard InChI is InChI=1S/C22H21F3N2O3S/c1-21(2,3)16-6-4-5-7-18(16)29-19-17(12-13-31-19)27-20(28)26-14-8-10-15(11-9-14)30-22(23,24)25/h4-13H,1-3H3,(H2,26,27,28). The van der Waals surface area contributed by atoms with Crippen molar-refractivity contribution >= 4 is 28.7 Å². The monoisotopic (exact) mass is 450 g/mol. The quantitative estimate of drug-likeness (QED) is 0.426. The van der Waals surface area contributed by atoms with Crippen LogP contribution in [0, 0.1) is 0 Å². The Morgan fingerprint density at radius 1 is 0.935 bits per heavy atom. The number of alkyl halides is 3. The molecule has 5 nitrogen and oxygen atoms in total. The van der Waals surface area contributed by atoms with Crippen LogP contribution in [0.5, 0.6) is 16.6 Å². The molecule has 3 aromatic rings. The molecule has 31 heavy (non-hydrogen) atoms. The molecule has 2 amide bonds. The first kappa shape index (κ1) is 22.5. The number of carbonyl (C=O) groups excluding carboxylic acids is 1. The van der Waals surface area contributed by atoms with Crippen molar-refractivity contribution in [3.8, 4) is 16.6 Å². The van der Waals surface area contributed by atoms with Gasteiger partial charge in [0, 0.05) is 11.3 Å². The average molecular weight is 450 g/mol. The Labute approximate surface area is 181 Å². The van der Waals surface area contributed by atoms with Gasteiger partial charge in [-0.15, -0.1) is 24.5 Å². The van der Waals surface area contributed by atoms with Crippen LogP contribution in [0.25, 0.3) is 0 Å². The van der Waals surface area contributed by atoms with E-state index in [1.807, 2.05) is 24.3 Å². The summed E-state index contributed by atoms with van der Waals surface area (Å²) in [5.41, 5.74) is 1.69. The predicted molar refractivity (Wildman–Crippen MR) is 115 cm³/mol. The second-order valence-electron chi connectivity index (χ2n) is 7.62. The minimum Gasteiger partial charge on any atom is -0.444 e. The highest BCUT2D eigenvalue weighted by Crippen LogP contribution is 2.39. The molecule has 3 rings (SSSR count). The van der Waals surface area contributed by atoms with Crippen molar-refractivity contribution in [3.63, 3.8) is 0 Å². The lowest BCUT2D eigenvalue weighted by Gasteiger charge is -2.22. The van der Waals surface area contributed by atoms with Crippen LogP contribution in [0.2, 0.25) is 0 Å². The maximum atomic E-state index is 12.3. The van der Waals surface area contributed by atoms with Crippen LogP contribution < -0.4 is 20.1 Å². The molecule has 0 aliphatic carbocycles. The first-order chi connectivity index (χ1) is 14.5. The van der Waals surface area contributed by atoms with Crippen molar-refractivity contribution in [2.24, 2.45) is 0 Å². The molecule has 0 spiro atoms. The van der Waals surface area contributed by atoms with Crippen molar-refractivity contribution in [1.82, 2.24) is 0 Å². The molecule has 0 saturated carbocycles. The second kappa shape index (κ2) is 8.89. The summed E-state index contributed by atoms with van der Waals surface area (Å²) in [5.74, 6) is 0.325. The highest BCUT2D eigenvalue weighted by Gasteiger charge is 2.31. The highest BCUT2D eigenvalue weighted by atomic mass is 32.1. The summed E-state index contributed by atoms with van der Waals surface area (Å²) in [7, 11) is 0. The number of thiophene rings is 1. The van der Waals surface area contributed by atoms with Gasteiger partial charge in [-0.1, -0.05) is 39.0 Å². The number of nitrogens with one attached hydrogen (secondary N) is 2. The van der Waals surface area contributed by atoms with E-state index in [9.17, 15) is 18.0 Å². The lowest BCUT2D eigenvalue weighted by atomic mass is 9.86. The molecule has 0 atom stereocenters. The molecule has 1 aromatic heterocycles. The zero-order chi connectivity index (χ0) is 22.6. The summed E-state index contributed by atoms with van der Waals surface area (Å²) in [5, 5.41) is 7.55. The maximum absolute atomic E-state index is 12.3. The van der Waals surface area contributed by atoms with Gasteiger partial charge in [-0.05, 0) is 47.2 Å². The van der Waals surface area contributed by atoms with Gasteiger partial charge in [0.15, 0.2) is 0 Å². The number of ether oxygens (including phenoxy) is 2. The fourth-order valence-electron chi connectivity index (χ4n) is 2.77. The van der Waals surface area contributed by atoms with Crippen molar-refractivity contribution in [2.45, 2.75) is 32.5 Å². The molecule has 0 radical (unpaired) electrons. The molecule has 164 valence electrons. The van der Waals surface area contributed by atoms with E-state index < -0.39 is 12.4 Å². The van der Waals surface area contributed by atoms with Crippen LogP contribution in [-0.4, -0.2) is 12.4 Å². The Hall–Kier alpha value is -3.20. The van der Waals surface area contributed by atoms with E-state index in [1.165, 1.54) is 23.5 Å². The van der Waals surface area contributed by atoms with Gasteiger partial charge in [-0.3, -0.25) is 0 Å². The molecular weight excluding hydrogens is 429 g/mol. The largest absolute Gasteiger partial charge is 0.573 e. The lowest BCUT2D eigenvalue weighted by molar-refractivity contribution is -0.274. The van der Waals surface area contributed by atoms with Crippen LogP contribution in [0.3, 0.4) is 0 Å². The molecule has 0 bridgehead atoms. The summed E-state index contributed by atoms with van der Waals surface area (Å²) in [6.07, 6.45) is -4.77. The first-order valence-electron chi connectivity index (χ1n) is 9.30. The number of urea groups is 1. The summed E-state index contributed by atoms with van der Waals surface area (Å²) < 4.78 is 46.6. The van der Waals surface area contributed by atoms with E-state index in [-0.39, 0.29) is 11.2 Å². The van der Waals surface area contributed by atoms with Gasteiger partial charge in [0.25, 0.3) is 0 Å². The number of halogens is 3. The molecule has 2 aromatic carbocycles. The number of anilines is 2. The molecule has 0 aliphatic heterocycles. The number of para-hydroxylation sites is 1. The highest BCUT2D eigenvalue weighted by molar-refractivity contribution is 7.12. The molecule has 0 unspecified atom stereocenters. The number of hydrogen-bond donors (Lipinski definition) is 2. The van der Waals surface area contributed by atoms with Crippen LogP contribution in [0.15, 0.2) is 60.0 Å². The SMILES string of the molecule is CC(C)(C)c1ccccc1Oc1sccc1NC(=O)Nc1ccc(OC(F)(F)F)cc1. The van der Waals surface area contributed by atoms with Gasteiger partial charge < -0.3 is 20.1 Å². The fraction of sp³-hybridized carbons (Fsp3) is 0.227. The molecule has 1 heterocycles. The van der Waals surface area contributed by atoms with E-state index in [2.05, 4.69) is 36.1 Å². The molecule has 0 fully saturated rings. The van der Waals surface area contributed by atoms with E-state index in [1.54, 1.807) is 11.4 Å². The fourth-order valence-corrected chi connectivity index (χ4v) is 3.48. The van der Waals surface area contributed by atoms with Gasteiger partial charge in [0.05, 0.1) is 5.69 Å². The number of carbonyl (C=O) groups is 1. The minimum absolute atomic E-state index is 0.124. The molecule has 2 N–H and O–H groups in total. The van der Waals surface area contributed by atoms with Crippen molar-refractivity contribution in [3.05, 3.63) is 65.5 Å². The Morgan fingerprint density at radius 3 is 2.26 bits per heavy atom. The number of hydrogen-bond acceptors (Lipinski definition) is 4. The molecule has 0 saturated heterocycles. The Kier molecular flexibility index (Phi) is 6.45. The first-order valence-corrected chi connectivity index (χ1v) is 10.2. The number of benzene rings is 2. The van der Waals surface area contributed by atoms with Gasteiger partial charge in [0.2, 0.25) is 5.06 Å². The molecular formula is C22H21F3N2O3S. The van der Waals surface area contributed by atoms with Crippen LogP contribution in [0.1, 0.15) is 26.3 Å². The maximum Gasteiger partial charge on any atom is 0.573 e. The third-order valence-corrected chi connectivity index (χ3v) is 4.91. The summed E-state index contributed by atoms with van der Waals surface area (Å²) >= 11 is 1.33. The Balaban J connectivity index is 1.66. The van der Waals surface area contributed by atoms with E-state index >= 15 is 0 Å². The Bertz CT molecular complexity index is 1040. The van der Waals surface area contributed by atoms with Crippen LogP contribution >= 0.6 is 11.3 Å². The van der Waals surface area contributed by atoms with Gasteiger partial charge in [0.1, 0.15) is 11.5 Å². The third kappa shape index (κ3) is 6.39. The van der Waals surface area contributed by atoms with Gasteiger partial charge >= 0.3 is 12.4 Å². The summed E-state index contributed by atoms with van der Waals surface area (Å²) in [6.45, 7) is 6.25. The van der Waals surface area contributed by atoms with Crippen LogP contribution in [0.4, 0.5) is 29.3 Å². The van der Waals surface area contributed by atoms with E-state index in [0.29, 0.717) is 22.2 Å². The third-order valence-electron chi connectivity index (χ3n) is 4.12. The predicted octanol–water partition coefficient (Wildman–Crippen LogP) is 7.38. The topological polar surface area (TPSA) is 59.6 Å². The summed E-state index contributed by atoms with van der Waals surface area (Å²) in [6, 6.07) is 13.7. The molecule has 9 heteroatoms. The van der Waals surface area contributed by atoms with E-state index in [0.717, 1.165) is 17.7 Å².